The minimum absolute atomic E-state index is 0.899. The molecular weight excluding hydrogens is 571 g/mol. The molecule has 0 aliphatic heterocycles. The highest BCUT2D eigenvalue weighted by atomic mass is 32.1. The quantitative estimate of drug-likeness (QED) is 0.198. The van der Waals surface area contributed by atoms with Crippen LogP contribution < -0.4 is 4.90 Å². The highest BCUT2D eigenvalue weighted by Gasteiger charge is 2.21. The predicted octanol–water partition coefficient (Wildman–Crippen LogP) is 10.4. The molecule has 0 saturated carbocycles. The van der Waals surface area contributed by atoms with Gasteiger partial charge < -0.3 is 9.47 Å². The number of benzene rings is 5. The first-order valence-corrected chi connectivity index (χ1v) is 15.8. The minimum atomic E-state index is 0.899. The number of fused-ring (bicyclic) bond motifs is 6. The Hall–Kier alpha value is -5.72. The van der Waals surface area contributed by atoms with Gasteiger partial charge in [-0.3, -0.25) is 4.57 Å². The number of rotatable bonds is 5. The van der Waals surface area contributed by atoms with Gasteiger partial charge in [0.15, 0.2) is 0 Å². The molecule has 0 saturated heterocycles. The molecule has 9 aromatic rings. The molecule has 4 aromatic heterocycles. The van der Waals surface area contributed by atoms with Crippen molar-refractivity contribution < 1.29 is 0 Å². The lowest BCUT2D eigenvalue weighted by Crippen LogP contribution is -2.10. The van der Waals surface area contributed by atoms with Gasteiger partial charge >= 0.3 is 0 Å². The van der Waals surface area contributed by atoms with Gasteiger partial charge in [-0.05, 0) is 54.6 Å². The van der Waals surface area contributed by atoms with Crippen LogP contribution in [0.4, 0.5) is 17.1 Å². The van der Waals surface area contributed by atoms with Crippen molar-refractivity contribution in [1.82, 2.24) is 19.1 Å². The van der Waals surface area contributed by atoms with Gasteiger partial charge in [0, 0.05) is 68.8 Å². The first-order valence-electron chi connectivity index (χ1n) is 15.0. The minimum Gasteiger partial charge on any atom is -0.334 e. The van der Waals surface area contributed by atoms with Crippen molar-refractivity contribution in [1.29, 1.82) is 0 Å². The van der Waals surface area contributed by atoms with Crippen LogP contribution in [0.15, 0.2) is 146 Å². The number of aryl methyl sites for hydroxylation is 1. The lowest BCUT2D eigenvalue weighted by atomic mass is 10.1. The molecule has 0 amide bonds. The number of pyridine rings is 1. The van der Waals surface area contributed by atoms with Crippen LogP contribution in [0.3, 0.4) is 0 Å². The highest BCUT2D eigenvalue weighted by Crippen LogP contribution is 2.46. The summed E-state index contributed by atoms with van der Waals surface area (Å²) in [5, 5.41) is 4.95. The Morgan fingerprint density at radius 2 is 1.38 bits per heavy atom. The van der Waals surface area contributed by atoms with Gasteiger partial charge in [0.25, 0.3) is 0 Å². The van der Waals surface area contributed by atoms with Crippen LogP contribution in [-0.4, -0.2) is 19.1 Å². The number of anilines is 3. The molecule has 0 bridgehead atoms. The number of imidazole rings is 1. The second-order valence-corrected chi connectivity index (χ2v) is 12.3. The van der Waals surface area contributed by atoms with Gasteiger partial charge in [-0.15, -0.1) is 11.3 Å². The zero-order chi connectivity index (χ0) is 29.9. The Balaban J connectivity index is 1.34. The van der Waals surface area contributed by atoms with Crippen molar-refractivity contribution in [2.24, 2.45) is 7.05 Å². The fourth-order valence-electron chi connectivity index (χ4n) is 6.59. The fraction of sp³-hybridized carbons (Fsp3) is 0.0256. The summed E-state index contributed by atoms with van der Waals surface area (Å²) in [6.07, 6.45) is 5.70. The largest absolute Gasteiger partial charge is 0.334 e. The van der Waals surface area contributed by atoms with Gasteiger partial charge in [-0.25, -0.2) is 9.97 Å². The van der Waals surface area contributed by atoms with Crippen LogP contribution in [0.1, 0.15) is 0 Å². The summed E-state index contributed by atoms with van der Waals surface area (Å²) in [6, 6.07) is 45.5. The Morgan fingerprint density at radius 1 is 0.600 bits per heavy atom. The van der Waals surface area contributed by atoms with Gasteiger partial charge in [-0.2, -0.15) is 0 Å². The van der Waals surface area contributed by atoms with E-state index in [9.17, 15) is 0 Å². The van der Waals surface area contributed by atoms with E-state index < -0.39 is 0 Å². The third-order valence-corrected chi connectivity index (χ3v) is 9.81. The van der Waals surface area contributed by atoms with Crippen molar-refractivity contribution in [2.45, 2.75) is 0 Å². The molecule has 9 rings (SSSR count). The summed E-state index contributed by atoms with van der Waals surface area (Å²) in [5.74, 6) is 1.83. The standard InChI is InChI=1S/C39H27N5S/c1-42-23-22-41-39(42)26-10-8-11-27(24-26)43(34-16-9-14-32-31-13-3-5-17-36(31)45-38(32)34)28-19-20-30-29-12-2-4-15-33(29)44(35(30)25-28)37-18-6-7-21-40-37/h2-25H,1H3. The molecule has 6 heteroatoms. The molecule has 0 atom stereocenters. The van der Waals surface area contributed by atoms with Crippen LogP contribution >= 0.6 is 11.3 Å². The summed E-state index contributed by atoms with van der Waals surface area (Å²) in [4.78, 5) is 11.8. The maximum Gasteiger partial charge on any atom is 0.139 e. The SMILES string of the molecule is Cn1ccnc1-c1cccc(N(c2ccc3c4ccccc4n(-c4ccccn4)c3c2)c2cccc3c2sc2ccccc23)c1. The van der Waals surface area contributed by atoms with E-state index in [2.05, 4.69) is 134 Å². The van der Waals surface area contributed by atoms with Crippen LogP contribution in [0.2, 0.25) is 0 Å². The van der Waals surface area contributed by atoms with E-state index >= 15 is 0 Å². The Bertz CT molecular complexity index is 2520. The maximum atomic E-state index is 4.77. The number of hydrogen-bond donors (Lipinski definition) is 0. The molecular formula is C39H27N5S. The van der Waals surface area contributed by atoms with Crippen LogP contribution in [0.25, 0.3) is 59.2 Å². The summed E-state index contributed by atoms with van der Waals surface area (Å²) >= 11 is 1.84. The van der Waals surface area contributed by atoms with Gasteiger partial charge in [0.1, 0.15) is 11.6 Å². The number of hydrogen-bond acceptors (Lipinski definition) is 4. The third kappa shape index (κ3) is 4.07. The molecule has 5 aromatic carbocycles. The van der Waals surface area contributed by atoms with Gasteiger partial charge in [0.2, 0.25) is 0 Å². The van der Waals surface area contributed by atoms with Crippen LogP contribution in [-0.2, 0) is 7.05 Å². The summed E-state index contributed by atoms with van der Waals surface area (Å²) in [6.45, 7) is 0. The lowest BCUT2D eigenvalue weighted by molar-refractivity contribution is 0.925. The Morgan fingerprint density at radius 3 is 2.24 bits per heavy atom. The molecule has 4 heterocycles. The van der Waals surface area contributed by atoms with E-state index in [0.717, 1.165) is 45.3 Å². The Kier molecular flexibility index (Phi) is 5.83. The van der Waals surface area contributed by atoms with Crippen molar-refractivity contribution in [3.8, 4) is 17.2 Å². The summed E-state index contributed by atoms with van der Waals surface area (Å²) < 4.78 is 6.88. The topological polar surface area (TPSA) is 38.9 Å². The van der Waals surface area contributed by atoms with Crippen LogP contribution in [0.5, 0.6) is 0 Å². The molecule has 0 spiro atoms. The van der Waals surface area contributed by atoms with Crippen LogP contribution in [0, 0.1) is 0 Å². The highest BCUT2D eigenvalue weighted by molar-refractivity contribution is 7.26. The second kappa shape index (κ2) is 10.2. The molecule has 0 fully saturated rings. The average molecular weight is 598 g/mol. The first-order chi connectivity index (χ1) is 22.2. The number of nitrogens with zero attached hydrogens (tertiary/aromatic N) is 5. The van der Waals surface area contributed by atoms with E-state index in [-0.39, 0.29) is 0 Å². The van der Waals surface area contributed by atoms with E-state index in [1.807, 2.05) is 49.1 Å². The maximum absolute atomic E-state index is 4.77. The summed E-state index contributed by atoms with van der Waals surface area (Å²) in [5.41, 5.74) is 6.60. The third-order valence-electron chi connectivity index (χ3n) is 8.60. The molecule has 0 unspecified atom stereocenters. The van der Waals surface area contributed by atoms with E-state index in [4.69, 9.17) is 4.98 Å². The zero-order valence-corrected chi connectivity index (χ0v) is 25.3. The smallest absolute Gasteiger partial charge is 0.139 e. The number of para-hydroxylation sites is 1. The van der Waals surface area contributed by atoms with Crippen molar-refractivity contribution in [3.05, 3.63) is 146 Å². The number of aromatic nitrogens is 4. The average Bonchev–Trinajstić information content (AvgIpc) is 3.79. The molecule has 0 aliphatic rings. The normalized spacial score (nSPS) is 11.7. The lowest BCUT2D eigenvalue weighted by Gasteiger charge is -2.27. The summed E-state index contributed by atoms with van der Waals surface area (Å²) in [7, 11) is 2.04. The molecule has 0 N–H and O–H groups in total. The van der Waals surface area contributed by atoms with Crippen molar-refractivity contribution >= 4 is 70.4 Å². The van der Waals surface area contributed by atoms with Gasteiger partial charge in [0.05, 0.1) is 21.4 Å². The van der Waals surface area contributed by atoms with Crippen molar-refractivity contribution in [2.75, 3.05) is 4.90 Å². The first kappa shape index (κ1) is 25.7. The molecule has 5 nitrogen and oxygen atoms in total. The molecule has 0 radical (unpaired) electrons. The van der Waals surface area contributed by atoms with E-state index in [1.165, 1.54) is 30.9 Å². The fourth-order valence-corrected chi connectivity index (χ4v) is 7.80. The molecule has 45 heavy (non-hydrogen) atoms. The molecule has 0 aliphatic carbocycles. The van der Waals surface area contributed by atoms with Crippen molar-refractivity contribution in [3.63, 3.8) is 0 Å². The van der Waals surface area contributed by atoms with E-state index in [0.29, 0.717) is 0 Å². The predicted molar refractivity (Wildman–Crippen MR) is 188 cm³/mol. The monoisotopic (exact) mass is 597 g/mol. The second-order valence-electron chi connectivity index (χ2n) is 11.2. The number of thiophene rings is 1. The van der Waals surface area contributed by atoms with Gasteiger partial charge in [-0.1, -0.05) is 72.8 Å². The van der Waals surface area contributed by atoms with E-state index in [1.54, 1.807) is 0 Å². The molecule has 214 valence electrons. The zero-order valence-electron chi connectivity index (χ0n) is 24.5. The Labute approximate surface area is 263 Å².